The Morgan fingerprint density at radius 2 is 0.451 bits per heavy atom. The zero-order valence-corrected chi connectivity index (χ0v) is 50.8. The number of furan rings is 2. The van der Waals surface area contributed by atoms with Gasteiger partial charge in [-0.15, -0.1) is 0 Å². The highest BCUT2D eigenvalue weighted by molar-refractivity contribution is 6.26. The average molecular weight is 1350 g/mol. The van der Waals surface area contributed by atoms with E-state index in [4.69, 9.17) is 56.8 Å². The van der Waals surface area contributed by atoms with Crippen molar-refractivity contribution >= 4 is 152 Å². The van der Waals surface area contributed by atoms with Gasteiger partial charge in [0.15, 0.2) is 0 Å². The Kier molecular flexibility index (Phi) is 5.42. The molecule has 0 spiro atoms. The molecular formula is C100H60O2. The fourth-order valence-electron chi connectivity index (χ4n) is 12.8. The first kappa shape index (κ1) is 23.9. The molecule has 22 aromatic rings. The molecule has 0 atom stereocenters. The van der Waals surface area contributed by atoms with Crippen LogP contribution >= 0.6 is 0 Å². The van der Waals surface area contributed by atoms with Gasteiger partial charge in [-0.2, -0.15) is 0 Å². The Balaban J connectivity index is 0.000000186. The van der Waals surface area contributed by atoms with E-state index in [2.05, 4.69) is 0 Å². The topological polar surface area (TPSA) is 26.3 Å². The average Bonchev–Trinajstić information content (AvgIpc) is 1.34. The Bertz CT molecular complexity index is 10900. The van der Waals surface area contributed by atoms with Gasteiger partial charge in [0, 0.05) is 32.3 Å². The van der Waals surface area contributed by atoms with Crippen molar-refractivity contribution in [1.82, 2.24) is 0 Å². The predicted octanol–water partition coefficient (Wildman–Crippen LogP) is 28.7. The van der Waals surface area contributed by atoms with E-state index < -0.39 is 581 Å². The molecule has 0 aliphatic rings. The highest BCUT2D eigenvalue weighted by Gasteiger charge is 2.23. The van der Waals surface area contributed by atoms with E-state index in [0.717, 1.165) is 0 Å². The molecule has 0 saturated heterocycles. The molecule has 0 unspecified atom stereocenters. The molecule has 2 nitrogen and oxygen atoms in total. The highest BCUT2D eigenvalue weighted by Crippen LogP contribution is 2.49. The fourth-order valence-corrected chi connectivity index (χ4v) is 12.8. The first-order chi connectivity index (χ1) is 75.6. The first-order valence-corrected chi connectivity index (χ1v) is 30.3. The van der Waals surface area contributed by atoms with E-state index in [-0.39, 0.29) is 0 Å². The minimum Gasteiger partial charge on any atom is -0.455 e. The second kappa shape index (κ2) is 23.1. The number of hydrogen-bond acceptors (Lipinski definition) is 2. The Labute approximate surface area is 671 Å². The number of fused-ring (bicyclic) bond motifs is 20. The molecule has 20 aromatic carbocycles. The van der Waals surface area contributed by atoms with Crippen LogP contribution in [-0.4, -0.2) is 0 Å². The summed E-state index contributed by atoms with van der Waals surface area (Å²) in [7, 11) is 0. The molecule has 2 heteroatoms. The summed E-state index contributed by atoms with van der Waals surface area (Å²) in [6, 6.07) is -56.7. The standard InChI is InChI=1S/2C50H30O/c1-4-17-37-31(12-1)24-26-44-46-30-35(25-27-47(46)51-50(37)44)49-42-22-9-7-20-40(42)48(41-21-8-10-23-43(41)49)34-15-11-14-32(28-34)45-29-33-13-2-3-16-36(33)38-18-5-6-19-39(38)45;1-3-15-36-31(11-1)23-26-40-37(21-10-22-39(36)40)33-13-9-14-34(29-33)48-41-17-5-7-19-43(41)49(44-20-8-6-18-42(44)48)35-25-28-47-46(30-35)45-27-24-32-12-2-4-16-38(32)50(45)51-47/h2*1-30H/i2*1D,2D,3D,4D,5D,6D,7D,8D,9D,10D,11D,12D,13D,14D,15D,16D,17D,18D,19D,20D,21D,22D,23D,24D,25D,26D,27D,28D,29D,30D. The van der Waals surface area contributed by atoms with Crippen LogP contribution in [0, 0.1) is 0 Å². The molecule has 472 valence electrons. The molecule has 22 rings (SSSR count). The molecule has 0 saturated carbocycles. The third-order valence-corrected chi connectivity index (χ3v) is 17.1. The van der Waals surface area contributed by atoms with E-state index in [1.54, 1.807) is 0 Å². The van der Waals surface area contributed by atoms with Crippen molar-refractivity contribution in [2.45, 2.75) is 0 Å². The van der Waals surface area contributed by atoms with Crippen LogP contribution in [0.4, 0.5) is 0 Å². The summed E-state index contributed by atoms with van der Waals surface area (Å²) in [6.07, 6.45) is 0. The lowest BCUT2D eigenvalue weighted by Crippen LogP contribution is -1.91. The van der Waals surface area contributed by atoms with Gasteiger partial charge in [-0.1, -0.05) is 308 Å². The van der Waals surface area contributed by atoms with Crippen molar-refractivity contribution < 1.29 is 91.1 Å². The quantitative estimate of drug-likeness (QED) is 0.123. The van der Waals surface area contributed by atoms with Crippen LogP contribution in [0.3, 0.4) is 0 Å². The fraction of sp³-hybridized carbons (Fsp3) is 0. The van der Waals surface area contributed by atoms with Gasteiger partial charge < -0.3 is 8.83 Å². The zero-order chi connectivity index (χ0) is 119. The lowest BCUT2D eigenvalue weighted by atomic mass is 9.85. The summed E-state index contributed by atoms with van der Waals surface area (Å²) < 4.78 is 558. The molecular weight excluding hydrogens is 1230 g/mol. The lowest BCUT2D eigenvalue weighted by Gasteiger charge is -2.18. The minimum atomic E-state index is -1.14. The van der Waals surface area contributed by atoms with Crippen LogP contribution in [-0.2, 0) is 0 Å². The van der Waals surface area contributed by atoms with Crippen molar-refractivity contribution in [2.75, 3.05) is 0 Å². The van der Waals surface area contributed by atoms with Crippen LogP contribution in [0.15, 0.2) is 371 Å². The molecule has 0 fully saturated rings. The largest absolute Gasteiger partial charge is 0.455 e. The van der Waals surface area contributed by atoms with Crippen LogP contribution < -0.4 is 0 Å². The van der Waals surface area contributed by atoms with Crippen molar-refractivity contribution in [3.8, 4) is 66.8 Å². The summed E-state index contributed by atoms with van der Waals surface area (Å²) in [5, 5.41) is -15.2. The lowest BCUT2D eigenvalue weighted by molar-refractivity contribution is 0.672. The van der Waals surface area contributed by atoms with Crippen LogP contribution in [0.1, 0.15) is 82.2 Å². The van der Waals surface area contributed by atoms with Crippen molar-refractivity contribution in [3.05, 3.63) is 363 Å². The van der Waals surface area contributed by atoms with Gasteiger partial charge in [0.25, 0.3) is 0 Å². The van der Waals surface area contributed by atoms with Crippen molar-refractivity contribution in [2.24, 2.45) is 0 Å². The zero-order valence-electron chi connectivity index (χ0n) is 111. The van der Waals surface area contributed by atoms with Gasteiger partial charge in [0.05, 0.1) is 82.2 Å². The Morgan fingerprint density at radius 3 is 0.892 bits per heavy atom. The number of hydrogen-bond donors (Lipinski definition) is 0. The van der Waals surface area contributed by atoms with Gasteiger partial charge in [-0.3, -0.25) is 0 Å². The summed E-state index contributed by atoms with van der Waals surface area (Å²) in [4.78, 5) is 0. The molecule has 0 bridgehead atoms. The molecule has 0 amide bonds. The smallest absolute Gasteiger partial charge is 0.143 e. The van der Waals surface area contributed by atoms with Crippen molar-refractivity contribution in [1.29, 1.82) is 0 Å². The normalized spacial score (nSPS) is 20.2. The minimum absolute atomic E-state index is 0.437. The maximum Gasteiger partial charge on any atom is 0.143 e. The number of rotatable bonds is 6. The van der Waals surface area contributed by atoms with Crippen LogP contribution in [0.5, 0.6) is 0 Å². The molecule has 0 N–H and O–H groups in total. The Hall–Kier alpha value is -13.4. The van der Waals surface area contributed by atoms with Crippen LogP contribution in [0.2, 0.25) is 0 Å². The summed E-state index contributed by atoms with van der Waals surface area (Å²) in [5.74, 6) is 0. The van der Waals surface area contributed by atoms with Crippen molar-refractivity contribution in [3.63, 3.8) is 0 Å². The predicted molar refractivity (Wildman–Crippen MR) is 435 cm³/mol. The maximum atomic E-state index is 10.1. The third kappa shape index (κ3) is 9.06. The Morgan fingerprint density at radius 1 is 0.157 bits per heavy atom. The van der Waals surface area contributed by atoms with Gasteiger partial charge in [-0.05, 0) is 218 Å². The molecule has 0 aliphatic heterocycles. The van der Waals surface area contributed by atoms with E-state index in [0.29, 0.717) is 0 Å². The highest BCUT2D eigenvalue weighted by atomic mass is 16.3. The summed E-state index contributed by atoms with van der Waals surface area (Å²) >= 11 is 0. The molecule has 0 aliphatic carbocycles. The van der Waals surface area contributed by atoms with E-state index in [1.165, 1.54) is 0 Å². The maximum absolute atomic E-state index is 10.1. The van der Waals surface area contributed by atoms with Gasteiger partial charge in [0.1, 0.15) is 22.3 Å². The second-order valence-corrected chi connectivity index (χ2v) is 22.5. The van der Waals surface area contributed by atoms with Crippen LogP contribution in [0.25, 0.3) is 218 Å². The van der Waals surface area contributed by atoms with E-state index >= 15 is 0 Å². The third-order valence-electron chi connectivity index (χ3n) is 17.1. The summed E-state index contributed by atoms with van der Waals surface area (Å²) in [5.41, 5.74) is -12.4. The van der Waals surface area contributed by atoms with E-state index in [9.17, 15) is 34.3 Å². The molecule has 102 heavy (non-hydrogen) atoms. The van der Waals surface area contributed by atoms with Gasteiger partial charge in [-0.25, -0.2) is 0 Å². The SMILES string of the molecule is [2H]c1c([2H])c(-c2c3c([2H])c([2H])c([2H])c([2H])c3c(-c3c([2H])c([2H])c4oc5c6c([2H])c([2H])c([2H])c([2H])c6c([2H])c([2H])c5c4c3[2H])c3c([2H])c([2H])c([2H])c([2H])c23)c([2H])c(-c2c([2H])c([2H])c([2H])c3c2c([2H])c([2H])c2c([2H])c([2H])c([2H])c([2H])c23)c1[2H].[2H]c1c([2H])c(-c2c3c([2H])c([2H])c([2H])c([2H])c3c(-c3c([2H])c([2H])c4oc5c6c([2H])c([2H])c([2H])c([2H])c6c([2H])c([2H])c5c4c3[2H])c3c([2H])c([2H])c([2H])c([2H])c23)c([2H])c(-c2c([2H])c3c([2H])c([2H])c([2H])c([2H])c3c3c([2H])c([2H])c([2H])c([2H])c23)c1[2H]. The van der Waals surface area contributed by atoms with Gasteiger partial charge in [0.2, 0.25) is 0 Å². The molecule has 2 heterocycles. The number of benzene rings is 20. The van der Waals surface area contributed by atoms with E-state index in [1.807, 2.05) is 0 Å². The summed E-state index contributed by atoms with van der Waals surface area (Å²) in [6.45, 7) is 0. The first-order valence-electron chi connectivity index (χ1n) is 60.3. The molecule has 0 radical (unpaired) electrons. The monoisotopic (exact) mass is 1350 g/mol. The van der Waals surface area contributed by atoms with Gasteiger partial charge >= 0.3 is 0 Å². The second-order valence-electron chi connectivity index (χ2n) is 22.5. The molecule has 2 aromatic heterocycles.